The number of thiophene rings is 4. The Morgan fingerprint density at radius 2 is 0.575 bits per heavy atom. The number of aromatic nitrogens is 3. The third-order valence-electron chi connectivity index (χ3n) is 24.5. The first kappa shape index (κ1) is 63.6. The normalized spacial score (nSPS) is 12.9. The van der Waals surface area contributed by atoms with Crippen LogP contribution in [0, 0.1) is 0 Å². The second kappa shape index (κ2) is 23.9. The number of para-hydroxylation sites is 1. The van der Waals surface area contributed by atoms with E-state index in [0.717, 1.165) is 27.6 Å². The molecule has 0 N–H and O–H groups in total. The number of hydrogen-bond donors (Lipinski definition) is 0. The molecule has 113 heavy (non-hydrogen) atoms. The van der Waals surface area contributed by atoms with Crippen LogP contribution in [0.2, 0.25) is 0 Å². The first-order valence-electron chi connectivity index (χ1n) is 38.7. The molecule has 528 valence electrons. The Balaban J connectivity index is 0.0000000959. The fourth-order valence-electron chi connectivity index (χ4n) is 19.5. The van der Waals surface area contributed by atoms with Gasteiger partial charge in [-0.25, -0.2) is 0 Å². The van der Waals surface area contributed by atoms with E-state index in [2.05, 4.69) is 361 Å². The summed E-state index contributed by atoms with van der Waals surface area (Å²) < 4.78 is 24.4. The van der Waals surface area contributed by atoms with Crippen molar-refractivity contribution in [2.45, 2.75) is 19.3 Å². The Morgan fingerprint density at radius 1 is 0.230 bits per heavy atom. The monoisotopic (exact) mass is 1510 g/mol. The number of rotatable bonds is 3. The average Bonchev–Trinajstić information content (AvgIpc) is 1.56. The maximum absolute atomic E-state index is 6.16. The van der Waals surface area contributed by atoms with E-state index in [1.54, 1.807) is 0 Å². The molecule has 0 bridgehead atoms. The molecule has 0 unspecified atom stereocenters. The van der Waals surface area contributed by atoms with Gasteiger partial charge in [0.05, 0.1) is 47.2 Å². The van der Waals surface area contributed by atoms with Crippen molar-refractivity contribution in [1.82, 2.24) is 13.7 Å². The lowest BCUT2D eigenvalue weighted by atomic mass is 9.82. The highest BCUT2D eigenvalue weighted by molar-refractivity contribution is 7.28. The van der Waals surface area contributed by atoms with Gasteiger partial charge in [0.1, 0.15) is 11.2 Å². The number of nitrogens with zero attached hydrogens (tertiary/aromatic N) is 3. The molecule has 0 aliphatic heterocycles. The fraction of sp³-hybridized carbons (Fsp3) is 0.0286. The van der Waals surface area contributed by atoms with Crippen LogP contribution in [0.5, 0.6) is 0 Å². The Morgan fingerprint density at radius 3 is 1.07 bits per heavy atom. The Labute approximate surface area is 662 Å². The van der Waals surface area contributed by atoms with Gasteiger partial charge in [-0.1, -0.05) is 263 Å². The van der Waals surface area contributed by atoms with E-state index in [9.17, 15) is 0 Å². The molecule has 0 atom stereocenters. The van der Waals surface area contributed by atoms with Crippen molar-refractivity contribution < 1.29 is 4.42 Å². The van der Waals surface area contributed by atoms with Crippen LogP contribution in [0.15, 0.2) is 350 Å². The molecule has 8 aromatic heterocycles. The van der Waals surface area contributed by atoms with Gasteiger partial charge in [0.25, 0.3) is 0 Å². The Hall–Kier alpha value is -13.2. The van der Waals surface area contributed by atoms with Gasteiger partial charge in [0.15, 0.2) is 0 Å². The van der Waals surface area contributed by atoms with Crippen molar-refractivity contribution in [2.75, 3.05) is 0 Å². The molecular formula is C105H63N3OS4. The summed E-state index contributed by atoms with van der Waals surface area (Å²) in [7, 11) is 0. The van der Waals surface area contributed by atoms with Gasteiger partial charge in [-0.2, -0.15) is 0 Å². The predicted octanol–water partition coefficient (Wildman–Crippen LogP) is 31.5. The summed E-state index contributed by atoms with van der Waals surface area (Å²) in [4.78, 5) is 0. The van der Waals surface area contributed by atoms with Crippen molar-refractivity contribution in [1.29, 1.82) is 0 Å². The highest BCUT2D eigenvalue weighted by Gasteiger charge is 2.36. The highest BCUT2D eigenvalue weighted by Crippen LogP contribution is 2.53. The third-order valence-corrected chi connectivity index (χ3v) is 29.3. The molecule has 8 heterocycles. The third kappa shape index (κ3) is 9.11. The summed E-state index contributed by atoms with van der Waals surface area (Å²) >= 11 is 7.59. The minimum absolute atomic E-state index is 0.0413. The molecule has 0 fully saturated rings. The van der Waals surface area contributed by atoms with E-state index in [-0.39, 0.29) is 5.41 Å². The van der Waals surface area contributed by atoms with Gasteiger partial charge in [0, 0.05) is 132 Å². The predicted molar refractivity (Wildman–Crippen MR) is 491 cm³/mol. The molecule has 1 aliphatic rings. The Bertz CT molecular complexity index is 8300. The molecule has 8 heteroatoms. The summed E-state index contributed by atoms with van der Waals surface area (Å²) in [5, 5.41) is 28.6. The van der Waals surface area contributed by atoms with Crippen molar-refractivity contribution >= 4 is 246 Å². The minimum atomic E-state index is -0.0413. The largest absolute Gasteiger partial charge is 0.456 e. The van der Waals surface area contributed by atoms with Crippen molar-refractivity contribution in [2.24, 2.45) is 0 Å². The number of furan rings is 1. The topological polar surface area (TPSA) is 27.9 Å². The molecule has 4 nitrogen and oxygen atoms in total. The van der Waals surface area contributed by atoms with E-state index in [4.69, 9.17) is 4.42 Å². The van der Waals surface area contributed by atoms with Gasteiger partial charge in [-0.15, -0.1) is 45.3 Å². The zero-order chi connectivity index (χ0) is 74.1. The molecule has 0 saturated carbocycles. The first-order chi connectivity index (χ1) is 55.8. The van der Waals surface area contributed by atoms with Gasteiger partial charge in [-0.3, -0.25) is 0 Å². The average molecular weight is 1510 g/mol. The van der Waals surface area contributed by atoms with Crippen LogP contribution in [-0.4, -0.2) is 13.7 Å². The molecule has 18 aromatic carbocycles. The van der Waals surface area contributed by atoms with Crippen LogP contribution in [0.3, 0.4) is 0 Å². The smallest absolute Gasteiger partial charge is 0.135 e. The quantitative estimate of drug-likeness (QED) is 0.173. The summed E-state index contributed by atoms with van der Waals surface area (Å²) in [6, 6.07) is 127. The molecule has 27 rings (SSSR count). The van der Waals surface area contributed by atoms with Crippen LogP contribution in [0.4, 0.5) is 0 Å². The lowest BCUT2D eigenvalue weighted by Gasteiger charge is -2.22. The lowest BCUT2D eigenvalue weighted by molar-refractivity contribution is 0.660. The number of benzene rings is 18. The molecule has 0 saturated heterocycles. The van der Waals surface area contributed by atoms with Crippen molar-refractivity contribution in [3.05, 3.63) is 357 Å². The van der Waals surface area contributed by atoms with E-state index < -0.39 is 0 Å². The first-order valence-corrected chi connectivity index (χ1v) is 41.9. The second-order valence-corrected chi connectivity index (χ2v) is 35.1. The van der Waals surface area contributed by atoms with Crippen LogP contribution in [0.1, 0.15) is 25.0 Å². The summed E-state index contributed by atoms with van der Waals surface area (Å²) in [5.41, 5.74) is 18.6. The van der Waals surface area contributed by atoms with Crippen LogP contribution >= 0.6 is 45.3 Å². The van der Waals surface area contributed by atoms with Crippen LogP contribution in [-0.2, 0) is 5.41 Å². The lowest BCUT2D eigenvalue weighted by Crippen LogP contribution is -2.15. The fourth-order valence-corrected chi connectivity index (χ4v) is 24.3. The van der Waals surface area contributed by atoms with Crippen LogP contribution in [0.25, 0.3) is 229 Å². The molecule has 0 spiro atoms. The standard InChI is InChI=1S/C37H25NS.C34H19NOS.C34H19NS2/c1-37(2)30-13-7-5-11-25(30)26-17-16-23(21-31(26)37)38-32-20-15-22-9-3-4-10-24(22)34(32)29-19-18-28-27-12-6-8-14-33(27)39-36(28)35(29)38;1-2-8-22-20(7-1)13-17-28-32(22)26-16-15-25-24-10-4-6-12-31(24)37-34(25)33(26)35(28)21-14-18-30-27(19-21)23-9-3-5-11-29(23)36-30;1-2-8-22-20(7-1)13-17-28-32(22)26-16-15-25-23-9-3-6-12-30(23)37-34(25)33(26)35(28)21-14-18-31-27(19-21)24-10-4-5-11-29(24)36-31/h3-21H,1-2H3;2*1-19H. The van der Waals surface area contributed by atoms with Gasteiger partial charge >= 0.3 is 0 Å². The van der Waals surface area contributed by atoms with Crippen molar-refractivity contribution in [3.8, 4) is 28.2 Å². The molecule has 0 radical (unpaired) electrons. The van der Waals surface area contributed by atoms with Gasteiger partial charge in [-0.05, 0) is 152 Å². The molecule has 26 aromatic rings. The maximum atomic E-state index is 6.16. The minimum Gasteiger partial charge on any atom is -0.456 e. The summed E-state index contributed by atoms with van der Waals surface area (Å²) in [6.07, 6.45) is 0. The zero-order valence-electron chi connectivity index (χ0n) is 61.3. The summed E-state index contributed by atoms with van der Waals surface area (Å²) in [5.74, 6) is 0. The van der Waals surface area contributed by atoms with Gasteiger partial charge in [0.2, 0.25) is 0 Å². The molecule has 0 amide bonds. The number of fused-ring (bicyclic) bond motifs is 36. The van der Waals surface area contributed by atoms with Crippen molar-refractivity contribution in [3.63, 3.8) is 0 Å². The highest BCUT2D eigenvalue weighted by atomic mass is 32.1. The second-order valence-electron chi connectivity index (χ2n) is 30.8. The zero-order valence-corrected chi connectivity index (χ0v) is 64.6. The molecular weight excluding hydrogens is 1450 g/mol. The number of hydrogen-bond acceptors (Lipinski definition) is 5. The van der Waals surface area contributed by atoms with E-state index in [0.29, 0.717) is 0 Å². The SMILES string of the molecule is CC1(C)c2ccccc2-c2ccc(-n3c4ccc5ccccc5c4c4ccc5c6ccccc6sc5c43)cc21.c1ccc2c(c1)ccc1c2c2ccc3c4ccccc4sc3c2n1-c1ccc2oc3ccccc3c2c1.c1ccc2c(c1)ccc1c2c2ccc3c4ccccc4sc3c2n1-c1ccc2sc3ccccc3c2c1. The van der Waals surface area contributed by atoms with E-state index in [1.165, 1.54) is 212 Å². The Kier molecular flexibility index (Phi) is 13.5. The molecule has 1 aliphatic carbocycles. The van der Waals surface area contributed by atoms with Crippen LogP contribution < -0.4 is 0 Å². The van der Waals surface area contributed by atoms with E-state index >= 15 is 0 Å². The van der Waals surface area contributed by atoms with E-state index in [1.807, 2.05) is 57.5 Å². The van der Waals surface area contributed by atoms with Gasteiger partial charge < -0.3 is 18.1 Å². The summed E-state index contributed by atoms with van der Waals surface area (Å²) in [6.45, 7) is 4.73. The maximum Gasteiger partial charge on any atom is 0.135 e.